The number of aryl methyl sites for hydroxylation is 3. The van der Waals surface area contributed by atoms with Crippen molar-refractivity contribution >= 4 is 0 Å². The van der Waals surface area contributed by atoms with E-state index < -0.39 is 0 Å². The number of hydrogen-bond acceptors (Lipinski definition) is 2. The Bertz CT molecular complexity index is 459. The second-order valence-corrected chi connectivity index (χ2v) is 7.10. The molecule has 1 heterocycles. The fraction of sp³-hybridized carbons (Fsp3) is 0.684. The number of rotatable bonds is 5. The fourth-order valence-electron chi connectivity index (χ4n) is 3.28. The Morgan fingerprint density at radius 3 is 2.48 bits per heavy atom. The molecule has 1 aliphatic heterocycles. The zero-order chi connectivity index (χ0) is 15.4. The van der Waals surface area contributed by atoms with Gasteiger partial charge in [-0.15, -0.1) is 0 Å². The topological polar surface area (TPSA) is 15.3 Å². The second-order valence-electron chi connectivity index (χ2n) is 7.10. The Kier molecular flexibility index (Phi) is 5.83. The van der Waals surface area contributed by atoms with E-state index in [2.05, 4.69) is 57.0 Å². The number of hydrogen-bond donors (Lipinski definition) is 1. The van der Waals surface area contributed by atoms with Crippen LogP contribution < -0.4 is 5.32 Å². The minimum absolute atomic E-state index is 0.605. The average molecular weight is 288 g/mol. The molecule has 1 unspecified atom stereocenters. The van der Waals surface area contributed by atoms with E-state index in [1.165, 1.54) is 54.7 Å². The first-order valence-corrected chi connectivity index (χ1v) is 8.49. The molecule has 2 rings (SSSR count). The Hall–Kier alpha value is -0.860. The van der Waals surface area contributed by atoms with Crippen molar-refractivity contribution in [3.05, 3.63) is 34.4 Å². The lowest BCUT2D eigenvalue weighted by atomic mass is 9.97. The van der Waals surface area contributed by atoms with Gasteiger partial charge in [0.15, 0.2) is 0 Å². The molecule has 1 aliphatic rings. The molecule has 118 valence electrons. The summed E-state index contributed by atoms with van der Waals surface area (Å²) in [6.07, 6.45) is 2.71. The average Bonchev–Trinajstić information content (AvgIpc) is 2.44. The van der Waals surface area contributed by atoms with E-state index in [0.29, 0.717) is 6.04 Å². The molecule has 0 spiro atoms. The highest BCUT2D eigenvalue weighted by molar-refractivity contribution is 5.36. The van der Waals surface area contributed by atoms with E-state index in [1.807, 2.05) is 0 Å². The van der Waals surface area contributed by atoms with Gasteiger partial charge < -0.3 is 5.32 Å². The molecule has 1 atom stereocenters. The Labute approximate surface area is 130 Å². The molecule has 0 aliphatic carbocycles. The van der Waals surface area contributed by atoms with Gasteiger partial charge in [-0.25, -0.2) is 0 Å². The summed E-state index contributed by atoms with van der Waals surface area (Å²) in [7, 11) is 0. The fourth-order valence-corrected chi connectivity index (χ4v) is 3.28. The van der Waals surface area contributed by atoms with E-state index >= 15 is 0 Å². The van der Waals surface area contributed by atoms with Crippen LogP contribution in [0.15, 0.2) is 12.1 Å². The lowest BCUT2D eigenvalue weighted by molar-refractivity contribution is 0.163. The van der Waals surface area contributed by atoms with Crippen molar-refractivity contribution in [3.63, 3.8) is 0 Å². The molecule has 1 N–H and O–H groups in total. The van der Waals surface area contributed by atoms with Gasteiger partial charge in [0.25, 0.3) is 0 Å². The van der Waals surface area contributed by atoms with E-state index in [-0.39, 0.29) is 0 Å². The summed E-state index contributed by atoms with van der Waals surface area (Å²) in [5, 5.41) is 3.54. The molecule has 0 saturated carbocycles. The summed E-state index contributed by atoms with van der Waals surface area (Å²) in [6, 6.07) is 5.33. The highest BCUT2D eigenvalue weighted by atomic mass is 15.1. The van der Waals surface area contributed by atoms with Gasteiger partial charge in [-0.2, -0.15) is 0 Å². The lowest BCUT2D eigenvalue weighted by Gasteiger charge is -2.33. The van der Waals surface area contributed by atoms with E-state index in [1.54, 1.807) is 0 Å². The van der Waals surface area contributed by atoms with Crippen LogP contribution in [0.3, 0.4) is 0 Å². The predicted molar refractivity (Wildman–Crippen MR) is 91.8 cm³/mol. The van der Waals surface area contributed by atoms with Crippen molar-refractivity contribution < 1.29 is 0 Å². The largest absolute Gasteiger partial charge is 0.316 e. The molecule has 0 aromatic heterocycles. The van der Waals surface area contributed by atoms with E-state index in [0.717, 1.165) is 12.5 Å². The maximum atomic E-state index is 3.54. The maximum absolute atomic E-state index is 3.54. The minimum atomic E-state index is 0.605. The van der Waals surface area contributed by atoms with Crippen LogP contribution in [0.1, 0.15) is 48.9 Å². The molecular formula is C19H32N2. The lowest BCUT2D eigenvalue weighted by Crippen LogP contribution is -2.40. The van der Waals surface area contributed by atoms with Crippen LogP contribution in [0.4, 0.5) is 0 Å². The van der Waals surface area contributed by atoms with Crippen molar-refractivity contribution in [3.8, 4) is 0 Å². The summed E-state index contributed by atoms with van der Waals surface area (Å²) in [5.41, 5.74) is 5.75. The molecule has 21 heavy (non-hydrogen) atoms. The molecular weight excluding hydrogens is 256 g/mol. The number of nitrogens with zero attached hydrogens (tertiary/aromatic N) is 1. The molecule has 1 aromatic carbocycles. The Balaban J connectivity index is 2.07. The second kappa shape index (κ2) is 7.42. The van der Waals surface area contributed by atoms with Gasteiger partial charge in [-0.3, -0.25) is 4.90 Å². The smallest absolute Gasteiger partial charge is 0.0239 e. The highest BCUT2D eigenvalue weighted by Crippen LogP contribution is 2.20. The van der Waals surface area contributed by atoms with Crippen molar-refractivity contribution in [1.29, 1.82) is 0 Å². The van der Waals surface area contributed by atoms with Crippen LogP contribution in [0.2, 0.25) is 0 Å². The van der Waals surface area contributed by atoms with Gasteiger partial charge in [0, 0.05) is 19.1 Å². The van der Waals surface area contributed by atoms with Crippen molar-refractivity contribution in [2.75, 3.05) is 19.6 Å². The number of benzene rings is 1. The minimum Gasteiger partial charge on any atom is -0.316 e. The Morgan fingerprint density at radius 1 is 1.14 bits per heavy atom. The zero-order valence-corrected chi connectivity index (χ0v) is 14.5. The van der Waals surface area contributed by atoms with Gasteiger partial charge in [0.05, 0.1) is 0 Å². The molecule has 1 saturated heterocycles. The first-order chi connectivity index (χ1) is 9.97. The third-order valence-corrected chi connectivity index (χ3v) is 4.95. The zero-order valence-electron chi connectivity index (χ0n) is 14.5. The summed E-state index contributed by atoms with van der Waals surface area (Å²) < 4.78 is 0. The third-order valence-electron chi connectivity index (χ3n) is 4.95. The molecule has 2 nitrogen and oxygen atoms in total. The predicted octanol–water partition coefficient (Wildman–Crippen LogP) is 3.82. The van der Waals surface area contributed by atoms with Crippen LogP contribution in [-0.4, -0.2) is 30.6 Å². The summed E-state index contributed by atoms with van der Waals surface area (Å²) in [5.74, 6) is 0.813. The van der Waals surface area contributed by atoms with Crippen molar-refractivity contribution in [1.82, 2.24) is 10.2 Å². The first-order valence-electron chi connectivity index (χ1n) is 8.49. The SMILES string of the molecule is Cc1cc(C)c(CN(CC2CCCNC2)C(C)C)cc1C. The van der Waals surface area contributed by atoms with Gasteiger partial charge in [0.1, 0.15) is 0 Å². The van der Waals surface area contributed by atoms with Crippen LogP contribution in [0.5, 0.6) is 0 Å². The van der Waals surface area contributed by atoms with Crippen LogP contribution >= 0.6 is 0 Å². The summed E-state index contributed by atoms with van der Waals surface area (Å²) in [4.78, 5) is 2.65. The molecule has 0 amide bonds. The van der Waals surface area contributed by atoms with Gasteiger partial charge in [-0.1, -0.05) is 12.1 Å². The molecule has 2 heteroatoms. The maximum Gasteiger partial charge on any atom is 0.0239 e. The first kappa shape index (κ1) is 16.5. The summed E-state index contributed by atoms with van der Waals surface area (Å²) >= 11 is 0. The van der Waals surface area contributed by atoms with E-state index in [4.69, 9.17) is 0 Å². The van der Waals surface area contributed by atoms with Crippen LogP contribution in [0, 0.1) is 26.7 Å². The van der Waals surface area contributed by atoms with Crippen LogP contribution in [-0.2, 0) is 6.54 Å². The number of piperidine rings is 1. The van der Waals surface area contributed by atoms with Gasteiger partial charge >= 0.3 is 0 Å². The molecule has 1 aromatic rings. The van der Waals surface area contributed by atoms with Crippen molar-refractivity contribution in [2.24, 2.45) is 5.92 Å². The van der Waals surface area contributed by atoms with Crippen molar-refractivity contribution in [2.45, 2.75) is 60.0 Å². The van der Waals surface area contributed by atoms with Crippen LogP contribution in [0.25, 0.3) is 0 Å². The summed E-state index contributed by atoms with van der Waals surface area (Å²) in [6.45, 7) is 16.0. The number of nitrogens with one attached hydrogen (secondary N) is 1. The molecule has 0 bridgehead atoms. The standard InChI is InChI=1S/C19H32N2/c1-14(2)21(12-18-7-6-8-20-11-18)13-19-10-16(4)15(3)9-17(19)5/h9-10,14,18,20H,6-8,11-13H2,1-5H3. The Morgan fingerprint density at radius 2 is 1.86 bits per heavy atom. The monoisotopic (exact) mass is 288 g/mol. The highest BCUT2D eigenvalue weighted by Gasteiger charge is 2.19. The molecule has 1 fully saturated rings. The quantitative estimate of drug-likeness (QED) is 0.886. The molecule has 0 radical (unpaired) electrons. The van der Waals surface area contributed by atoms with Gasteiger partial charge in [0.2, 0.25) is 0 Å². The third kappa shape index (κ3) is 4.55. The normalized spacial score (nSPS) is 19.5. The van der Waals surface area contributed by atoms with E-state index in [9.17, 15) is 0 Å². The van der Waals surface area contributed by atoms with Gasteiger partial charge in [-0.05, 0) is 88.7 Å².